The van der Waals surface area contributed by atoms with Crippen LogP contribution >= 0.6 is 27.3 Å². The van der Waals surface area contributed by atoms with Crippen molar-refractivity contribution >= 4 is 44.2 Å². The molecule has 1 fully saturated rings. The number of thiazole rings is 1. The molecule has 1 aliphatic rings. The lowest BCUT2D eigenvalue weighted by molar-refractivity contribution is -0.130. The highest BCUT2D eigenvalue weighted by atomic mass is 79.9. The minimum atomic E-state index is -0.176. The van der Waals surface area contributed by atoms with Crippen molar-refractivity contribution in [3.8, 4) is 0 Å². The predicted molar refractivity (Wildman–Crippen MR) is 106 cm³/mol. The number of anilines is 1. The van der Waals surface area contributed by atoms with Crippen molar-refractivity contribution in [3.63, 3.8) is 0 Å². The zero-order valence-electron chi connectivity index (χ0n) is 14.7. The van der Waals surface area contributed by atoms with Gasteiger partial charge in [-0.3, -0.25) is 19.8 Å². The normalized spacial score (nSPS) is 17.3. The lowest BCUT2D eigenvalue weighted by Crippen LogP contribution is -2.36. The highest BCUT2D eigenvalue weighted by Gasteiger charge is 2.29. The van der Waals surface area contributed by atoms with Crippen LogP contribution in [0.15, 0.2) is 34.1 Å². The third-order valence-corrected chi connectivity index (χ3v) is 5.70. The molecule has 1 unspecified atom stereocenters. The van der Waals surface area contributed by atoms with Crippen molar-refractivity contribution < 1.29 is 9.59 Å². The van der Waals surface area contributed by atoms with Crippen molar-refractivity contribution in [2.45, 2.75) is 18.9 Å². The van der Waals surface area contributed by atoms with Crippen LogP contribution in [0, 0.1) is 0 Å². The van der Waals surface area contributed by atoms with Gasteiger partial charge in [-0.2, -0.15) is 0 Å². The first-order valence-corrected chi connectivity index (χ1v) is 10.1. The Kier molecular flexibility index (Phi) is 6.05. The predicted octanol–water partition coefficient (Wildman–Crippen LogP) is 3.38. The average molecular weight is 437 g/mol. The Hall–Kier alpha value is -1.77. The number of amides is 2. The van der Waals surface area contributed by atoms with Gasteiger partial charge in [-0.15, -0.1) is 11.3 Å². The van der Waals surface area contributed by atoms with E-state index in [1.54, 1.807) is 31.1 Å². The van der Waals surface area contributed by atoms with E-state index in [1.165, 1.54) is 11.3 Å². The van der Waals surface area contributed by atoms with Gasteiger partial charge in [0.05, 0.1) is 18.3 Å². The number of benzene rings is 1. The number of rotatable bonds is 5. The molecule has 3 rings (SSSR count). The van der Waals surface area contributed by atoms with E-state index in [0.29, 0.717) is 17.2 Å². The van der Waals surface area contributed by atoms with Gasteiger partial charge in [-0.25, -0.2) is 4.98 Å². The van der Waals surface area contributed by atoms with Crippen LogP contribution in [-0.2, 0) is 4.79 Å². The van der Waals surface area contributed by atoms with Crippen LogP contribution in [0.5, 0.6) is 0 Å². The van der Waals surface area contributed by atoms with Crippen LogP contribution in [0.3, 0.4) is 0 Å². The summed E-state index contributed by atoms with van der Waals surface area (Å²) in [5.41, 5.74) is 1.51. The third kappa shape index (κ3) is 4.49. The number of aromatic nitrogens is 1. The Bertz CT molecular complexity index is 791. The van der Waals surface area contributed by atoms with Crippen molar-refractivity contribution in [2.75, 3.05) is 32.5 Å². The summed E-state index contributed by atoms with van der Waals surface area (Å²) in [5, 5.41) is 5.41. The number of likely N-dealkylation sites (N-methyl/N-ethyl adjacent to an activating group) is 1. The molecule has 1 saturated heterocycles. The molecule has 1 N–H and O–H groups in total. The van der Waals surface area contributed by atoms with Gasteiger partial charge < -0.3 is 4.90 Å². The summed E-state index contributed by atoms with van der Waals surface area (Å²) in [6.07, 6.45) is 2.02. The molecule has 138 valence electrons. The van der Waals surface area contributed by atoms with E-state index in [4.69, 9.17) is 0 Å². The molecule has 6 nitrogen and oxygen atoms in total. The number of nitrogens with zero attached hydrogens (tertiary/aromatic N) is 3. The summed E-state index contributed by atoms with van der Waals surface area (Å²) in [7, 11) is 3.54. The molecular formula is C18H21BrN4O2S. The fourth-order valence-electron chi connectivity index (χ4n) is 2.93. The van der Waals surface area contributed by atoms with Gasteiger partial charge in [0, 0.05) is 29.5 Å². The Morgan fingerprint density at radius 1 is 1.35 bits per heavy atom. The molecule has 2 heterocycles. The van der Waals surface area contributed by atoms with Gasteiger partial charge in [0.15, 0.2) is 5.13 Å². The van der Waals surface area contributed by atoms with Gasteiger partial charge in [0.1, 0.15) is 0 Å². The van der Waals surface area contributed by atoms with E-state index < -0.39 is 0 Å². The maximum absolute atomic E-state index is 12.3. The summed E-state index contributed by atoms with van der Waals surface area (Å²) in [4.78, 5) is 32.7. The van der Waals surface area contributed by atoms with Crippen LogP contribution in [-0.4, -0.2) is 53.8 Å². The zero-order chi connectivity index (χ0) is 18.7. The van der Waals surface area contributed by atoms with Crippen LogP contribution in [0.25, 0.3) is 0 Å². The van der Waals surface area contributed by atoms with Crippen molar-refractivity contribution in [3.05, 3.63) is 45.4 Å². The lowest BCUT2D eigenvalue weighted by Gasteiger charge is -2.23. The number of nitrogens with one attached hydrogen (secondary N) is 1. The molecule has 26 heavy (non-hydrogen) atoms. The van der Waals surface area contributed by atoms with Crippen molar-refractivity contribution in [2.24, 2.45) is 0 Å². The van der Waals surface area contributed by atoms with Crippen molar-refractivity contribution in [1.82, 2.24) is 14.8 Å². The molecule has 1 aromatic carbocycles. The molecule has 1 aromatic heterocycles. The van der Waals surface area contributed by atoms with Crippen LogP contribution in [0.2, 0.25) is 0 Å². The van der Waals surface area contributed by atoms with Crippen LogP contribution in [0.1, 0.15) is 34.9 Å². The van der Waals surface area contributed by atoms with Crippen LogP contribution < -0.4 is 5.32 Å². The fraction of sp³-hybridized carbons (Fsp3) is 0.389. The molecule has 1 atom stereocenters. The van der Waals surface area contributed by atoms with Crippen LogP contribution in [0.4, 0.5) is 5.13 Å². The number of hydrogen-bond acceptors (Lipinski definition) is 5. The minimum Gasteiger partial charge on any atom is -0.348 e. The summed E-state index contributed by atoms with van der Waals surface area (Å²) in [6, 6.07) is 7.33. The lowest BCUT2D eigenvalue weighted by atomic mass is 10.1. The maximum Gasteiger partial charge on any atom is 0.257 e. The number of carbonyl (C=O) groups is 2. The number of hydrogen-bond donors (Lipinski definition) is 1. The second-order valence-electron chi connectivity index (χ2n) is 6.46. The third-order valence-electron chi connectivity index (χ3n) is 4.39. The van der Waals surface area contributed by atoms with E-state index in [-0.39, 0.29) is 17.9 Å². The molecule has 2 amide bonds. The summed E-state index contributed by atoms with van der Waals surface area (Å²) in [6.45, 7) is 1.29. The summed E-state index contributed by atoms with van der Waals surface area (Å²) in [5.74, 6) is -0.0830. The van der Waals surface area contributed by atoms with E-state index in [0.717, 1.165) is 29.6 Å². The molecule has 0 spiro atoms. The highest BCUT2D eigenvalue weighted by molar-refractivity contribution is 9.10. The monoisotopic (exact) mass is 436 g/mol. The van der Waals surface area contributed by atoms with Gasteiger partial charge >= 0.3 is 0 Å². The standard InChI is InChI=1S/C18H21BrN4O2S/c1-22(2)16(24)10-23-9-3-4-15(23)14-11-26-18(20-14)21-17(25)12-5-7-13(19)8-6-12/h5-8,11,15H,3-4,9-10H2,1-2H3,(H,20,21,25). The van der Waals surface area contributed by atoms with E-state index in [1.807, 2.05) is 17.5 Å². The molecule has 2 aromatic rings. The molecular weight excluding hydrogens is 416 g/mol. The minimum absolute atomic E-state index is 0.0934. The first-order valence-electron chi connectivity index (χ1n) is 8.40. The molecule has 0 bridgehead atoms. The highest BCUT2D eigenvalue weighted by Crippen LogP contribution is 2.33. The number of likely N-dealkylation sites (tertiary alicyclic amines) is 1. The second kappa shape index (κ2) is 8.28. The smallest absolute Gasteiger partial charge is 0.257 e. The van der Waals surface area contributed by atoms with Gasteiger partial charge in [0.25, 0.3) is 5.91 Å². The topological polar surface area (TPSA) is 65.5 Å². The Labute approximate surface area is 165 Å². The summed E-state index contributed by atoms with van der Waals surface area (Å²) < 4.78 is 0.930. The number of carbonyl (C=O) groups excluding carboxylic acids is 2. The first kappa shape index (κ1) is 19.0. The van der Waals surface area contributed by atoms with Gasteiger partial charge in [-0.1, -0.05) is 15.9 Å². The zero-order valence-corrected chi connectivity index (χ0v) is 17.1. The SMILES string of the molecule is CN(C)C(=O)CN1CCCC1c1csc(NC(=O)c2ccc(Br)cc2)n1. The second-order valence-corrected chi connectivity index (χ2v) is 8.23. The average Bonchev–Trinajstić information content (AvgIpc) is 3.24. The van der Waals surface area contributed by atoms with Crippen molar-refractivity contribution in [1.29, 1.82) is 0 Å². The largest absolute Gasteiger partial charge is 0.348 e. The molecule has 0 saturated carbocycles. The molecule has 0 radical (unpaired) electrons. The number of halogens is 1. The first-order chi connectivity index (χ1) is 12.4. The van der Waals surface area contributed by atoms with E-state index >= 15 is 0 Å². The Morgan fingerprint density at radius 3 is 2.77 bits per heavy atom. The Morgan fingerprint density at radius 2 is 2.08 bits per heavy atom. The quantitative estimate of drug-likeness (QED) is 0.779. The van der Waals surface area contributed by atoms with Gasteiger partial charge in [0.2, 0.25) is 5.91 Å². The molecule has 0 aliphatic carbocycles. The van der Waals surface area contributed by atoms with E-state index in [2.05, 4.69) is 31.1 Å². The van der Waals surface area contributed by atoms with E-state index in [9.17, 15) is 9.59 Å². The Balaban J connectivity index is 1.66. The van der Waals surface area contributed by atoms with Gasteiger partial charge in [-0.05, 0) is 43.7 Å². The molecule has 1 aliphatic heterocycles. The fourth-order valence-corrected chi connectivity index (χ4v) is 3.95. The maximum atomic E-state index is 12.3. The summed E-state index contributed by atoms with van der Waals surface area (Å²) >= 11 is 4.78. The molecule has 8 heteroatoms.